The molecule has 0 aliphatic carbocycles. The predicted octanol–water partition coefficient (Wildman–Crippen LogP) is 2.86. The first-order chi connectivity index (χ1) is 7.20. The van der Waals surface area contributed by atoms with Crippen LogP contribution in [0, 0.1) is 0 Å². The Kier molecular flexibility index (Phi) is 2.88. The number of aromatic amines is 1. The lowest BCUT2D eigenvalue weighted by atomic mass is 10.0. The number of hydrogen-bond acceptors (Lipinski definition) is 2. The topological polar surface area (TPSA) is 54.7 Å². The number of nitrogens with zero attached hydrogens (tertiary/aromatic N) is 1. The summed E-state index contributed by atoms with van der Waals surface area (Å²) in [5.41, 5.74) is 8.98. The molecule has 0 saturated heterocycles. The first-order valence-corrected chi connectivity index (χ1v) is 5.53. The van der Waals surface area contributed by atoms with Crippen molar-refractivity contribution in [3.8, 4) is 11.1 Å². The van der Waals surface area contributed by atoms with Gasteiger partial charge in [-0.15, -0.1) is 0 Å². The van der Waals surface area contributed by atoms with E-state index in [0.29, 0.717) is 0 Å². The minimum absolute atomic E-state index is 0.0467. The van der Waals surface area contributed by atoms with Crippen LogP contribution in [-0.4, -0.2) is 10.2 Å². The molecule has 0 fully saturated rings. The molecule has 0 amide bonds. The standard InChI is InChI=1S/C11H12BrN3/c1-7(13)11-9(6-14-15-11)8-4-2-3-5-10(8)12/h2-7H,13H2,1H3,(H,14,15). The van der Waals surface area contributed by atoms with Gasteiger partial charge in [-0.1, -0.05) is 34.1 Å². The van der Waals surface area contributed by atoms with E-state index < -0.39 is 0 Å². The minimum atomic E-state index is -0.0467. The molecule has 3 nitrogen and oxygen atoms in total. The monoisotopic (exact) mass is 265 g/mol. The van der Waals surface area contributed by atoms with E-state index in [2.05, 4.69) is 26.1 Å². The van der Waals surface area contributed by atoms with E-state index in [9.17, 15) is 0 Å². The summed E-state index contributed by atoms with van der Waals surface area (Å²) in [7, 11) is 0. The van der Waals surface area contributed by atoms with Gasteiger partial charge in [0.2, 0.25) is 0 Å². The van der Waals surface area contributed by atoms with Crippen LogP contribution < -0.4 is 5.73 Å². The van der Waals surface area contributed by atoms with E-state index in [1.165, 1.54) is 0 Å². The zero-order valence-corrected chi connectivity index (χ0v) is 9.95. The summed E-state index contributed by atoms with van der Waals surface area (Å²) >= 11 is 3.52. The molecule has 78 valence electrons. The average molecular weight is 266 g/mol. The fourth-order valence-corrected chi connectivity index (χ4v) is 2.04. The number of hydrogen-bond donors (Lipinski definition) is 2. The van der Waals surface area contributed by atoms with Crippen molar-refractivity contribution in [1.82, 2.24) is 10.2 Å². The molecule has 0 aliphatic rings. The third kappa shape index (κ3) is 1.96. The second-order valence-corrected chi connectivity index (χ2v) is 4.32. The molecule has 0 aliphatic heterocycles. The van der Waals surface area contributed by atoms with Gasteiger partial charge in [0.25, 0.3) is 0 Å². The van der Waals surface area contributed by atoms with Gasteiger partial charge in [-0.05, 0) is 18.6 Å². The average Bonchev–Trinajstić information content (AvgIpc) is 2.67. The number of aromatic nitrogens is 2. The Hall–Kier alpha value is -1.13. The summed E-state index contributed by atoms with van der Waals surface area (Å²) in [5.74, 6) is 0. The molecule has 4 heteroatoms. The van der Waals surface area contributed by atoms with Crippen LogP contribution in [0.3, 0.4) is 0 Å². The fraction of sp³-hybridized carbons (Fsp3) is 0.182. The highest BCUT2D eigenvalue weighted by Crippen LogP contribution is 2.31. The Balaban J connectivity index is 2.55. The maximum Gasteiger partial charge on any atom is 0.0595 e. The normalized spacial score (nSPS) is 12.7. The van der Waals surface area contributed by atoms with Gasteiger partial charge in [-0.25, -0.2) is 0 Å². The fourth-order valence-electron chi connectivity index (χ4n) is 1.54. The Morgan fingerprint density at radius 2 is 2.07 bits per heavy atom. The predicted molar refractivity (Wildman–Crippen MR) is 64.3 cm³/mol. The van der Waals surface area contributed by atoms with Crippen molar-refractivity contribution < 1.29 is 0 Å². The van der Waals surface area contributed by atoms with Crippen LogP contribution >= 0.6 is 15.9 Å². The summed E-state index contributed by atoms with van der Waals surface area (Å²) in [6, 6.07) is 7.99. The first kappa shape index (κ1) is 10.4. The lowest BCUT2D eigenvalue weighted by Gasteiger charge is -2.07. The Labute approximate surface area is 96.8 Å². The van der Waals surface area contributed by atoms with Gasteiger partial charge in [0.05, 0.1) is 11.9 Å². The number of halogens is 1. The van der Waals surface area contributed by atoms with Crippen molar-refractivity contribution in [3.63, 3.8) is 0 Å². The molecule has 1 unspecified atom stereocenters. The van der Waals surface area contributed by atoms with E-state index in [-0.39, 0.29) is 6.04 Å². The molecule has 0 spiro atoms. The molecule has 1 heterocycles. The van der Waals surface area contributed by atoms with Crippen LogP contribution in [0.15, 0.2) is 34.9 Å². The van der Waals surface area contributed by atoms with Crippen molar-refractivity contribution >= 4 is 15.9 Å². The number of rotatable bonds is 2. The molecule has 2 aromatic rings. The molecule has 1 aromatic carbocycles. The van der Waals surface area contributed by atoms with Gasteiger partial charge < -0.3 is 5.73 Å². The minimum Gasteiger partial charge on any atom is -0.323 e. The highest BCUT2D eigenvalue weighted by atomic mass is 79.9. The number of nitrogens with two attached hydrogens (primary N) is 1. The van der Waals surface area contributed by atoms with E-state index in [1.54, 1.807) is 6.20 Å². The summed E-state index contributed by atoms with van der Waals surface area (Å²) in [6.45, 7) is 1.94. The van der Waals surface area contributed by atoms with Crippen molar-refractivity contribution in [1.29, 1.82) is 0 Å². The van der Waals surface area contributed by atoms with E-state index in [4.69, 9.17) is 5.73 Å². The van der Waals surface area contributed by atoms with E-state index >= 15 is 0 Å². The second-order valence-electron chi connectivity index (χ2n) is 3.47. The maximum absolute atomic E-state index is 5.86. The van der Waals surface area contributed by atoms with Crippen molar-refractivity contribution in [2.24, 2.45) is 5.73 Å². The number of benzene rings is 1. The van der Waals surface area contributed by atoms with Crippen LogP contribution in [0.1, 0.15) is 18.7 Å². The maximum atomic E-state index is 5.86. The molecular weight excluding hydrogens is 254 g/mol. The third-order valence-corrected chi connectivity index (χ3v) is 2.98. The van der Waals surface area contributed by atoms with Crippen LogP contribution in [0.25, 0.3) is 11.1 Å². The highest BCUT2D eigenvalue weighted by molar-refractivity contribution is 9.10. The molecule has 1 atom stereocenters. The zero-order chi connectivity index (χ0) is 10.8. The SMILES string of the molecule is CC(N)c1[nH]ncc1-c1ccccc1Br. The summed E-state index contributed by atoms with van der Waals surface area (Å²) in [6.07, 6.45) is 1.80. The highest BCUT2D eigenvalue weighted by Gasteiger charge is 2.12. The van der Waals surface area contributed by atoms with E-state index in [1.807, 2.05) is 31.2 Å². The molecule has 0 bridgehead atoms. The van der Waals surface area contributed by atoms with Gasteiger partial charge in [0.15, 0.2) is 0 Å². The second kappa shape index (κ2) is 4.16. The van der Waals surface area contributed by atoms with E-state index in [0.717, 1.165) is 21.3 Å². The molecule has 0 saturated carbocycles. The lowest BCUT2D eigenvalue weighted by Crippen LogP contribution is -2.06. The molecular formula is C11H12BrN3. The molecule has 1 aromatic heterocycles. The van der Waals surface area contributed by atoms with Gasteiger partial charge in [-0.2, -0.15) is 5.10 Å². The first-order valence-electron chi connectivity index (χ1n) is 4.74. The van der Waals surface area contributed by atoms with Gasteiger partial charge >= 0.3 is 0 Å². The smallest absolute Gasteiger partial charge is 0.0595 e. The van der Waals surface area contributed by atoms with Gasteiger partial charge in [-0.3, -0.25) is 5.10 Å². The van der Waals surface area contributed by atoms with Crippen LogP contribution in [0.2, 0.25) is 0 Å². The Bertz CT molecular complexity index is 462. The zero-order valence-electron chi connectivity index (χ0n) is 8.37. The molecule has 15 heavy (non-hydrogen) atoms. The largest absolute Gasteiger partial charge is 0.323 e. The molecule has 0 radical (unpaired) electrons. The number of H-pyrrole nitrogens is 1. The quantitative estimate of drug-likeness (QED) is 0.878. The Morgan fingerprint density at radius 1 is 1.33 bits per heavy atom. The lowest BCUT2D eigenvalue weighted by molar-refractivity contribution is 0.774. The third-order valence-electron chi connectivity index (χ3n) is 2.29. The molecule has 2 rings (SSSR count). The Morgan fingerprint density at radius 3 is 2.73 bits per heavy atom. The van der Waals surface area contributed by atoms with Gasteiger partial charge in [0.1, 0.15) is 0 Å². The molecule has 3 N–H and O–H groups in total. The van der Waals surface area contributed by atoms with Gasteiger partial charge in [0, 0.05) is 16.1 Å². The van der Waals surface area contributed by atoms with Crippen molar-refractivity contribution in [2.75, 3.05) is 0 Å². The summed E-state index contributed by atoms with van der Waals surface area (Å²) in [4.78, 5) is 0. The van der Waals surface area contributed by atoms with Crippen molar-refractivity contribution in [3.05, 3.63) is 40.6 Å². The summed E-state index contributed by atoms with van der Waals surface area (Å²) < 4.78 is 1.05. The summed E-state index contributed by atoms with van der Waals surface area (Å²) in [5, 5.41) is 6.97. The van der Waals surface area contributed by atoms with Crippen LogP contribution in [0.4, 0.5) is 0 Å². The van der Waals surface area contributed by atoms with Crippen molar-refractivity contribution in [2.45, 2.75) is 13.0 Å². The number of nitrogens with one attached hydrogen (secondary N) is 1. The van der Waals surface area contributed by atoms with Crippen LogP contribution in [0.5, 0.6) is 0 Å². The van der Waals surface area contributed by atoms with Crippen LogP contribution in [-0.2, 0) is 0 Å².